The summed E-state index contributed by atoms with van der Waals surface area (Å²) < 4.78 is 13.7. The zero-order valence-electron chi connectivity index (χ0n) is 31.3. The number of carbonyl (C=O) groups is 6. The number of nitrogens with two attached hydrogens (primary N) is 1. The van der Waals surface area contributed by atoms with E-state index in [-0.39, 0.29) is 25.7 Å². The number of ketones is 1. The third-order valence-corrected chi connectivity index (χ3v) is 9.25. The fraction of sp³-hybridized carbons (Fsp3) is 0.200. The number of hydrogen-bond donors (Lipinski definition) is 5. The molecule has 5 aromatic carbocycles. The van der Waals surface area contributed by atoms with Gasteiger partial charge in [0.2, 0.25) is 29.4 Å². The zero-order chi connectivity index (χ0) is 40.7. The zero-order valence-corrected chi connectivity index (χ0v) is 31.3. The molecule has 0 fully saturated rings. The van der Waals surface area contributed by atoms with Crippen LogP contribution in [0.1, 0.15) is 29.2 Å². The van der Waals surface area contributed by atoms with Gasteiger partial charge in [-0.15, -0.1) is 0 Å². The van der Waals surface area contributed by atoms with Crippen molar-refractivity contribution in [2.75, 3.05) is 0 Å². The molecule has 5 aromatic rings. The third-order valence-electron chi connectivity index (χ3n) is 9.25. The standard InChI is InChI=1S/C45H44FN5O6/c1-29(48-43(55)38(26-30-11-5-2-6-12-30)49-40(52)28-31-13-7-3-8-14-31)41(53)45(57)51-39(27-33-19-23-36(46)24-20-33)44(56)50-37(42(47)54)25-32-17-21-35(22-18-32)34-15-9-4-10-16-34/h2-24,29,37-39H,25-28H2,1H3,(H2,47,54)(H,48,55)(H,49,52)(H,50,56)(H,51,57). The molecule has 0 spiro atoms. The number of Topliss-reactive ketones (excluding diaryl/α,β-unsaturated/α-hetero) is 1. The average molecular weight is 770 g/mol. The SMILES string of the molecule is CC(NC(=O)C(Cc1ccccc1)NC(=O)Cc1ccccc1)C(=O)C(=O)NC(Cc1ccc(F)cc1)C(=O)NC(Cc1ccc(-c2ccccc2)cc1)C(N)=O. The summed E-state index contributed by atoms with van der Waals surface area (Å²) in [6.07, 6.45) is 0.000490. The van der Waals surface area contributed by atoms with E-state index in [0.717, 1.165) is 22.3 Å². The van der Waals surface area contributed by atoms with Crippen LogP contribution in [-0.4, -0.2) is 59.5 Å². The smallest absolute Gasteiger partial charge is 0.290 e. The van der Waals surface area contributed by atoms with Gasteiger partial charge in [-0.05, 0) is 52.4 Å². The third kappa shape index (κ3) is 12.5. The molecule has 0 aliphatic rings. The van der Waals surface area contributed by atoms with Crippen LogP contribution in [-0.2, 0) is 54.5 Å². The van der Waals surface area contributed by atoms with Crippen molar-refractivity contribution in [1.29, 1.82) is 0 Å². The van der Waals surface area contributed by atoms with Crippen LogP contribution in [0, 0.1) is 5.82 Å². The number of carbonyl (C=O) groups excluding carboxylic acids is 6. The van der Waals surface area contributed by atoms with E-state index < -0.39 is 65.3 Å². The molecule has 0 saturated carbocycles. The van der Waals surface area contributed by atoms with Gasteiger partial charge in [0.05, 0.1) is 12.5 Å². The largest absolute Gasteiger partial charge is 0.368 e. The van der Waals surface area contributed by atoms with Crippen molar-refractivity contribution in [3.8, 4) is 11.1 Å². The van der Waals surface area contributed by atoms with Gasteiger partial charge in [-0.2, -0.15) is 0 Å². The van der Waals surface area contributed by atoms with Crippen LogP contribution in [0.4, 0.5) is 4.39 Å². The summed E-state index contributed by atoms with van der Waals surface area (Å²) in [6.45, 7) is 1.31. The molecule has 0 aliphatic heterocycles. The lowest BCUT2D eigenvalue weighted by Gasteiger charge is -2.23. The number of rotatable bonds is 18. The summed E-state index contributed by atoms with van der Waals surface area (Å²) in [5, 5.41) is 10.3. The molecular weight excluding hydrogens is 726 g/mol. The highest BCUT2D eigenvalue weighted by atomic mass is 19.1. The fourth-order valence-corrected chi connectivity index (χ4v) is 6.15. The van der Waals surface area contributed by atoms with Crippen LogP contribution in [0.2, 0.25) is 0 Å². The molecule has 5 rings (SSSR count). The second-order valence-electron chi connectivity index (χ2n) is 13.7. The summed E-state index contributed by atoms with van der Waals surface area (Å²) in [7, 11) is 0. The Kier molecular flexibility index (Phi) is 14.5. The minimum Gasteiger partial charge on any atom is -0.368 e. The Bertz CT molecular complexity index is 2150. The van der Waals surface area contributed by atoms with Gasteiger partial charge in [0.15, 0.2) is 0 Å². The predicted octanol–water partition coefficient (Wildman–Crippen LogP) is 3.78. The summed E-state index contributed by atoms with van der Waals surface area (Å²) in [5.74, 6) is -5.53. The molecule has 0 heterocycles. The molecule has 11 nitrogen and oxygen atoms in total. The van der Waals surface area contributed by atoms with Crippen molar-refractivity contribution in [3.05, 3.63) is 168 Å². The second-order valence-corrected chi connectivity index (χ2v) is 13.7. The molecule has 57 heavy (non-hydrogen) atoms. The van der Waals surface area contributed by atoms with Crippen LogP contribution in [0.3, 0.4) is 0 Å². The van der Waals surface area contributed by atoms with Crippen LogP contribution >= 0.6 is 0 Å². The first-order valence-corrected chi connectivity index (χ1v) is 18.5. The maximum absolute atomic E-state index is 13.7. The molecule has 292 valence electrons. The maximum atomic E-state index is 13.7. The van der Waals surface area contributed by atoms with Gasteiger partial charge in [0, 0.05) is 19.3 Å². The van der Waals surface area contributed by atoms with Gasteiger partial charge in [0.1, 0.15) is 23.9 Å². The Morgan fingerprint density at radius 1 is 0.509 bits per heavy atom. The quantitative estimate of drug-likeness (QED) is 0.0848. The molecule has 12 heteroatoms. The summed E-state index contributed by atoms with van der Waals surface area (Å²) in [4.78, 5) is 79.6. The van der Waals surface area contributed by atoms with E-state index in [1.54, 1.807) is 48.5 Å². The number of benzene rings is 5. The summed E-state index contributed by atoms with van der Waals surface area (Å²) >= 11 is 0. The molecule has 4 atom stereocenters. The maximum Gasteiger partial charge on any atom is 0.290 e. The molecule has 0 radical (unpaired) electrons. The summed E-state index contributed by atoms with van der Waals surface area (Å²) in [6, 6.07) is 35.2. The van der Waals surface area contributed by atoms with Crippen molar-refractivity contribution in [2.24, 2.45) is 5.73 Å². The lowest BCUT2D eigenvalue weighted by atomic mass is 9.99. The van der Waals surface area contributed by atoms with Gasteiger partial charge < -0.3 is 27.0 Å². The Balaban J connectivity index is 1.26. The highest BCUT2D eigenvalue weighted by Gasteiger charge is 2.32. The summed E-state index contributed by atoms with van der Waals surface area (Å²) in [5.41, 5.74) is 10.3. The van der Waals surface area contributed by atoms with Crippen LogP contribution in [0.15, 0.2) is 140 Å². The van der Waals surface area contributed by atoms with Gasteiger partial charge >= 0.3 is 0 Å². The van der Waals surface area contributed by atoms with Crippen molar-refractivity contribution in [1.82, 2.24) is 21.3 Å². The minimum atomic E-state index is -1.40. The second kappa shape index (κ2) is 20.1. The number of amides is 5. The topological polar surface area (TPSA) is 177 Å². The number of nitrogens with one attached hydrogen (secondary N) is 4. The first-order chi connectivity index (χ1) is 27.4. The molecule has 6 N–H and O–H groups in total. The molecule has 0 aromatic heterocycles. The predicted molar refractivity (Wildman–Crippen MR) is 214 cm³/mol. The monoisotopic (exact) mass is 769 g/mol. The lowest BCUT2D eigenvalue weighted by Crippen LogP contribution is -2.57. The molecule has 0 saturated heterocycles. The van der Waals surface area contributed by atoms with E-state index in [1.807, 2.05) is 66.7 Å². The van der Waals surface area contributed by atoms with E-state index in [4.69, 9.17) is 5.73 Å². The minimum absolute atomic E-state index is 0.0188. The highest BCUT2D eigenvalue weighted by Crippen LogP contribution is 2.20. The van der Waals surface area contributed by atoms with E-state index >= 15 is 0 Å². The van der Waals surface area contributed by atoms with Gasteiger partial charge in [0.25, 0.3) is 5.91 Å². The number of halogens is 1. The van der Waals surface area contributed by atoms with Crippen LogP contribution < -0.4 is 27.0 Å². The van der Waals surface area contributed by atoms with Gasteiger partial charge in [-0.3, -0.25) is 28.8 Å². The fourth-order valence-electron chi connectivity index (χ4n) is 6.15. The lowest BCUT2D eigenvalue weighted by molar-refractivity contribution is -0.141. The Labute approximate surface area is 330 Å². The van der Waals surface area contributed by atoms with Crippen molar-refractivity contribution >= 4 is 35.3 Å². The molecular formula is C45H44FN5O6. The van der Waals surface area contributed by atoms with Crippen LogP contribution in [0.25, 0.3) is 11.1 Å². The first kappa shape index (κ1) is 41.2. The van der Waals surface area contributed by atoms with E-state index in [9.17, 15) is 33.2 Å². The van der Waals surface area contributed by atoms with Crippen LogP contribution in [0.5, 0.6) is 0 Å². The molecule has 0 bridgehead atoms. The average Bonchev–Trinajstić information content (AvgIpc) is 3.21. The van der Waals surface area contributed by atoms with Crippen molar-refractivity contribution in [2.45, 2.75) is 56.8 Å². The van der Waals surface area contributed by atoms with Gasteiger partial charge in [-0.25, -0.2) is 4.39 Å². The first-order valence-electron chi connectivity index (χ1n) is 18.5. The van der Waals surface area contributed by atoms with E-state index in [1.165, 1.54) is 31.2 Å². The van der Waals surface area contributed by atoms with Gasteiger partial charge in [-0.1, -0.05) is 127 Å². The van der Waals surface area contributed by atoms with Crippen molar-refractivity contribution < 1.29 is 33.2 Å². The highest BCUT2D eigenvalue weighted by molar-refractivity contribution is 6.38. The number of hydrogen-bond acceptors (Lipinski definition) is 6. The molecule has 5 amide bonds. The van der Waals surface area contributed by atoms with E-state index in [0.29, 0.717) is 11.1 Å². The molecule has 0 aliphatic carbocycles. The molecule has 4 unspecified atom stereocenters. The number of primary amides is 1. The Morgan fingerprint density at radius 3 is 1.51 bits per heavy atom. The van der Waals surface area contributed by atoms with E-state index in [2.05, 4.69) is 21.3 Å². The Hall–Kier alpha value is -6.95. The normalized spacial score (nSPS) is 12.9. The Morgan fingerprint density at radius 2 is 0.947 bits per heavy atom. The van der Waals surface area contributed by atoms with Crippen molar-refractivity contribution in [3.63, 3.8) is 0 Å².